The van der Waals surface area contributed by atoms with Gasteiger partial charge in [0.25, 0.3) is 0 Å². The number of fused-ring (bicyclic) bond motifs is 6. The number of benzene rings is 1. The molecule has 0 N–H and O–H groups in total. The van der Waals surface area contributed by atoms with Crippen LogP contribution in [0.5, 0.6) is 0 Å². The molecule has 0 spiro atoms. The second-order valence-corrected chi connectivity index (χ2v) is 18.1. The predicted molar refractivity (Wildman–Crippen MR) is 200 cm³/mol. The summed E-state index contributed by atoms with van der Waals surface area (Å²) in [7, 11) is 0. The minimum atomic E-state index is 0. The van der Waals surface area contributed by atoms with Crippen molar-refractivity contribution in [1.82, 2.24) is 18.8 Å². The average molecular weight is 840 g/mol. The first-order valence-corrected chi connectivity index (χ1v) is 20.4. The van der Waals surface area contributed by atoms with Crippen LogP contribution in [0.25, 0.3) is 22.3 Å². The summed E-state index contributed by atoms with van der Waals surface area (Å²) in [6.45, 7) is 20.3. The van der Waals surface area contributed by atoms with Gasteiger partial charge < -0.3 is 8.80 Å². The summed E-state index contributed by atoms with van der Waals surface area (Å²) in [5.41, 5.74) is 8.31. The van der Waals surface area contributed by atoms with Crippen molar-refractivity contribution in [2.24, 2.45) is 47.3 Å². The Kier molecular flexibility index (Phi) is 10.2. The van der Waals surface area contributed by atoms with E-state index in [1.165, 1.54) is 105 Å². The summed E-state index contributed by atoms with van der Waals surface area (Å²) >= 11 is 0. The van der Waals surface area contributed by atoms with Gasteiger partial charge in [0.05, 0.1) is 17.0 Å². The number of rotatable bonds is 4. The van der Waals surface area contributed by atoms with Gasteiger partial charge >= 0.3 is 0 Å². The van der Waals surface area contributed by atoms with Crippen LogP contribution in [0, 0.1) is 53.4 Å². The zero-order valence-corrected chi connectivity index (χ0v) is 34.2. The third-order valence-electron chi connectivity index (χ3n) is 14.8. The Hall–Kier alpha value is -1.71. The molecule has 3 heterocycles. The van der Waals surface area contributed by atoms with E-state index < -0.39 is 0 Å². The Bertz CT molecular complexity index is 1740. The molecule has 0 amide bonds. The van der Waals surface area contributed by atoms with Crippen molar-refractivity contribution in [3.8, 4) is 0 Å². The average Bonchev–Trinajstić information content (AvgIpc) is 3.61. The largest absolute Gasteiger partial charge is 0.324 e. The molecule has 5 heteroatoms. The zero-order valence-electron chi connectivity index (χ0n) is 31.8. The summed E-state index contributed by atoms with van der Waals surface area (Å²) in [5.74, 6) is 8.37. The molecule has 4 nitrogen and oxygen atoms in total. The van der Waals surface area contributed by atoms with Crippen molar-refractivity contribution in [2.75, 3.05) is 0 Å². The smallest absolute Gasteiger partial charge is 0.203 e. The van der Waals surface area contributed by atoms with Crippen molar-refractivity contribution >= 4 is 22.3 Å². The summed E-state index contributed by atoms with van der Waals surface area (Å²) in [4.78, 5) is 11.9. The molecule has 1 radical (unpaired) electrons. The van der Waals surface area contributed by atoms with Crippen LogP contribution in [-0.2, 0) is 20.1 Å². The van der Waals surface area contributed by atoms with Crippen LogP contribution in [0.15, 0.2) is 18.2 Å². The van der Waals surface area contributed by atoms with Crippen molar-refractivity contribution in [3.05, 3.63) is 47.0 Å². The second-order valence-electron chi connectivity index (χ2n) is 18.1. The molecule has 4 aliphatic carbocycles. The molecule has 1 aromatic carbocycles. The van der Waals surface area contributed by atoms with E-state index in [1.807, 2.05) is 0 Å². The summed E-state index contributed by atoms with van der Waals surface area (Å²) in [5, 5.41) is 1.19. The van der Waals surface area contributed by atoms with Gasteiger partial charge in [0.2, 0.25) is 5.78 Å². The standard InChI is InChI=1S/C44H63N4.Ir/c1-25-15-11-16-26(2)35(25)39-42(38-31(7)21-14-22-32(38)8)48-43(45-39)33-23-9-10-24-34(33)47-41(37-29(5)19-13-20-30(37)6)40(46-44(47)48)36-27(3)17-12-18-28(36)4;/h9-10,24-32,35-38H,11-22H2,1-8H3;/q-1;. The summed E-state index contributed by atoms with van der Waals surface area (Å²) in [6, 6.07) is 10.5. The van der Waals surface area contributed by atoms with Crippen molar-refractivity contribution in [2.45, 2.75) is 156 Å². The van der Waals surface area contributed by atoms with E-state index in [1.54, 1.807) is 5.69 Å². The molecule has 4 fully saturated rings. The molecule has 49 heavy (non-hydrogen) atoms. The Morgan fingerprint density at radius 3 is 1.37 bits per heavy atom. The molecule has 4 saturated carbocycles. The van der Waals surface area contributed by atoms with Gasteiger partial charge in [0.15, 0.2) is 0 Å². The minimum absolute atomic E-state index is 0. The number of aromatic nitrogens is 4. The Morgan fingerprint density at radius 1 is 0.531 bits per heavy atom. The SMILES string of the molecule is CC1CCCC(C)C1c1nc2n(c1C1C(C)CCCC1C)c1ccc[c-]c1c1nc(C3C(C)CCCC3C)c(C3C(C)CCCC3C)n12.[Ir]. The van der Waals surface area contributed by atoms with Crippen LogP contribution < -0.4 is 0 Å². The van der Waals surface area contributed by atoms with E-state index in [2.05, 4.69) is 88.5 Å². The number of hydrogen-bond donors (Lipinski definition) is 0. The molecule has 4 aliphatic rings. The fraction of sp³-hybridized carbons (Fsp3) is 0.727. The Labute approximate surface area is 310 Å². The first-order chi connectivity index (χ1) is 23.2. The first-order valence-electron chi connectivity index (χ1n) is 20.4. The normalized spacial score (nSPS) is 37.5. The fourth-order valence-electron chi connectivity index (χ4n) is 12.5. The molecule has 269 valence electrons. The van der Waals surface area contributed by atoms with Gasteiger partial charge in [-0.25, -0.2) is 4.98 Å². The molecule has 4 aromatic rings. The van der Waals surface area contributed by atoms with Gasteiger partial charge in [-0.3, -0.25) is 4.98 Å². The second kappa shape index (κ2) is 14.0. The third-order valence-corrected chi connectivity index (χ3v) is 14.8. The number of nitrogens with zero attached hydrogens (tertiary/aromatic N) is 4. The summed E-state index contributed by atoms with van der Waals surface area (Å²) < 4.78 is 5.36. The van der Waals surface area contributed by atoms with Crippen LogP contribution in [0.2, 0.25) is 0 Å². The topological polar surface area (TPSA) is 34.6 Å². The van der Waals surface area contributed by atoms with Gasteiger partial charge in [-0.05, 0) is 52.9 Å². The Morgan fingerprint density at radius 2 is 0.918 bits per heavy atom. The van der Waals surface area contributed by atoms with Crippen LogP contribution in [-0.4, -0.2) is 18.8 Å². The molecular formula is C44H63IrN4-. The van der Waals surface area contributed by atoms with Crippen molar-refractivity contribution in [3.63, 3.8) is 0 Å². The van der Waals surface area contributed by atoms with Gasteiger partial charge in [0.1, 0.15) is 0 Å². The van der Waals surface area contributed by atoms with Gasteiger partial charge in [-0.15, -0.1) is 24.3 Å². The predicted octanol–water partition coefficient (Wildman–Crippen LogP) is 12.1. The van der Waals surface area contributed by atoms with E-state index in [9.17, 15) is 0 Å². The van der Waals surface area contributed by atoms with Gasteiger partial charge in [-0.1, -0.05) is 138 Å². The molecule has 0 saturated heterocycles. The van der Waals surface area contributed by atoms with Crippen molar-refractivity contribution < 1.29 is 20.1 Å². The van der Waals surface area contributed by atoms with Crippen molar-refractivity contribution in [1.29, 1.82) is 0 Å². The molecular weight excluding hydrogens is 777 g/mol. The maximum absolute atomic E-state index is 6.03. The van der Waals surface area contributed by atoms with E-state index in [0.717, 1.165) is 11.4 Å². The Balaban J connectivity index is 0.00000378. The van der Waals surface area contributed by atoms with E-state index in [0.29, 0.717) is 71.0 Å². The van der Waals surface area contributed by atoms with Gasteiger partial charge in [0, 0.05) is 55.2 Å². The third kappa shape index (κ3) is 5.78. The number of imidazole rings is 2. The van der Waals surface area contributed by atoms with E-state index >= 15 is 0 Å². The quantitative estimate of drug-likeness (QED) is 0.192. The molecule has 0 bridgehead atoms. The fourth-order valence-corrected chi connectivity index (χ4v) is 12.5. The molecule has 0 aliphatic heterocycles. The van der Waals surface area contributed by atoms with E-state index in [4.69, 9.17) is 9.97 Å². The summed E-state index contributed by atoms with van der Waals surface area (Å²) in [6.07, 6.45) is 15.9. The van der Waals surface area contributed by atoms with Crippen LogP contribution >= 0.6 is 0 Å². The molecule has 8 atom stereocenters. The first kappa shape index (κ1) is 35.7. The maximum Gasteiger partial charge on any atom is 0.203 e. The monoisotopic (exact) mass is 840 g/mol. The van der Waals surface area contributed by atoms with E-state index in [-0.39, 0.29) is 20.1 Å². The van der Waals surface area contributed by atoms with Gasteiger partial charge in [-0.2, -0.15) is 0 Å². The molecule has 3 aromatic heterocycles. The zero-order chi connectivity index (χ0) is 33.4. The maximum atomic E-state index is 6.03. The van der Waals surface area contributed by atoms with Crippen LogP contribution in [0.3, 0.4) is 0 Å². The molecule has 8 unspecified atom stereocenters. The van der Waals surface area contributed by atoms with Crippen LogP contribution in [0.1, 0.15) is 179 Å². The van der Waals surface area contributed by atoms with Crippen LogP contribution in [0.4, 0.5) is 0 Å². The minimum Gasteiger partial charge on any atom is -0.324 e. The number of hydrogen-bond acceptors (Lipinski definition) is 2. The molecule has 8 rings (SSSR count).